The highest BCUT2D eigenvalue weighted by atomic mass is 16.5. The van der Waals surface area contributed by atoms with E-state index in [1.54, 1.807) is 30.3 Å². The predicted octanol–water partition coefficient (Wildman–Crippen LogP) is 5.39. The fourth-order valence-corrected chi connectivity index (χ4v) is 4.78. The van der Waals surface area contributed by atoms with Gasteiger partial charge in [0.05, 0.1) is 12.7 Å². The van der Waals surface area contributed by atoms with Gasteiger partial charge in [0.1, 0.15) is 62.7 Å². The van der Waals surface area contributed by atoms with E-state index in [9.17, 15) is 35.1 Å². The molecule has 10 heteroatoms. The molecule has 3 aromatic carbocycles. The molecule has 2 aliphatic rings. The molecule has 6 rings (SSSR count). The Hall–Kier alpha value is -5.90. The maximum Gasteiger partial charge on any atom is 0.197 e. The zero-order valence-corrected chi connectivity index (χ0v) is 21.2. The highest BCUT2D eigenvalue weighted by molar-refractivity contribution is 6.01. The minimum absolute atomic E-state index is 0.0150. The van der Waals surface area contributed by atoms with Crippen LogP contribution in [0.25, 0.3) is 56.1 Å². The van der Waals surface area contributed by atoms with Crippen molar-refractivity contribution in [1.82, 2.24) is 0 Å². The van der Waals surface area contributed by atoms with Crippen LogP contribution in [0.4, 0.5) is 0 Å². The largest absolute Gasteiger partial charge is 0.508 e. The molecule has 0 spiro atoms. The first-order valence-corrected chi connectivity index (χ1v) is 12.2. The van der Waals surface area contributed by atoms with Crippen molar-refractivity contribution in [2.45, 2.75) is 0 Å². The number of hydrogen-bond acceptors (Lipinski definition) is 10. The molecule has 5 N–H and O–H groups in total. The summed E-state index contributed by atoms with van der Waals surface area (Å²) in [5, 5.41) is 51.5. The monoisotopic (exact) mass is 552 g/mol. The summed E-state index contributed by atoms with van der Waals surface area (Å²) < 4.78 is 17.5. The molecule has 0 saturated heterocycles. The van der Waals surface area contributed by atoms with Crippen LogP contribution in [0.1, 0.15) is 0 Å². The van der Waals surface area contributed by atoms with Crippen LogP contribution < -0.4 is 15.6 Å². The van der Waals surface area contributed by atoms with Crippen molar-refractivity contribution in [2.24, 2.45) is 0 Å². The summed E-state index contributed by atoms with van der Waals surface area (Å²) in [6.45, 7) is 0. The van der Waals surface area contributed by atoms with Gasteiger partial charge in [-0.05, 0) is 42.5 Å². The Morgan fingerprint density at radius 1 is 0.585 bits per heavy atom. The average molecular weight is 552 g/mol. The number of fused-ring (bicyclic) bond motifs is 2. The van der Waals surface area contributed by atoms with E-state index in [4.69, 9.17) is 13.6 Å². The number of methoxy groups -OCH3 is 1. The smallest absolute Gasteiger partial charge is 0.197 e. The van der Waals surface area contributed by atoms with Gasteiger partial charge in [0.25, 0.3) is 0 Å². The number of benzene rings is 4. The van der Waals surface area contributed by atoms with Gasteiger partial charge < -0.3 is 39.1 Å². The molecule has 41 heavy (non-hydrogen) atoms. The highest BCUT2D eigenvalue weighted by Gasteiger charge is 2.24. The predicted molar refractivity (Wildman–Crippen MR) is 149 cm³/mol. The average Bonchev–Trinajstić information content (AvgIpc) is 2.92. The normalized spacial score (nSPS) is 11.2. The number of aromatic hydroxyl groups is 5. The van der Waals surface area contributed by atoms with Gasteiger partial charge in [-0.1, -0.05) is 0 Å². The lowest BCUT2D eigenvalue weighted by Crippen LogP contribution is -2.04. The number of phenolic OH excluding ortho intramolecular Hbond substituents is 4. The van der Waals surface area contributed by atoms with Crippen molar-refractivity contribution < 1.29 is 39.1 Å². The third-order valence-electron chi connectivity index (χ3n) is 6.66. The van der Waals surface area contributed by atoms with E-state index < -0.39 is 22.4 Å². The maximum absolute atomic E-state index is 13.1. The van der Waals surface area contributed by atoms with Crippen molar-refractivity contribution in [3.63, 3.8) is 0 Å². The number of ether oxygens (including phenoxy) is 1. The zero-order valence-electron chi connectivity index (χ0n) is 21.2. The molecule has 0 bridgehead atoms. The summed E-state index contributed by atoms with van der Waals surface area (Å²) in [6.07, 6.45) is 0. The van der Waals surface area contributed by atoms with E-state index in [0.29, 0.717) is 11.1 Å². The number of rotatable bonds is 4. The SMILES string of the molecule is COc1ccc(-c2cc(O)c3c(=O)cc(O)cc-3o2)cc1-c1c(O)cc(O)c2c(=O)cc(-c3ccc(O)cc3)oc12. The first kappa shape index (κ1) is 25.4. The first-order chi connectivity index (χ1) is 19.6. The van der Waals surface area contributed by atoms with Gasteiger partial charge in [-0.2, -0.15) is 0 Å². The van der Waals surface area contributed by atoms with Crippen molar-refractivity contribution in [2.75, 3.05) is 7.11 Å². The Kier molecular flexibility index (Phi) is 5.81. The second kappa shape index (κ2) is 9.38. The molecule has 1 aromatic heterocycles. The first-order valence-electron chi connectivity index (χ1n) is 12.2. The van der Waals surface area contributed by atoms with Gasteiger partial charge in [0, 0.05) is 47.0 Å². The Morgan fingerprint density at radius 2 is 1.27 bits per heavy atom. The molecule has 1 aliphatic heterocycles. The zero-order chi connectivity index (χ0) is 29.0. The molecule has 1 aliphatic carbocycles. The Morgan fingerprint density at radius 3 is 2.00 bits per heavy atom. The fourth-order valence-electron chi connectivity index (χ4n) is 4.78. The van der Waals surface area contributed by atoms with Gasteiger partial charge in [0.2, 0.25) is 0 Å². The molecule has 2 heterocycles. The van der Waals surface area contributed by atoms with Crippen molar-refractivity contribution in [1.29, 1.82) is 0 Å². The molecule has 204 valence electrons. The summed E-state index contributed by atoms with van der Waals surface area (Å²) in [6, 6.07) is 16.2. The van der Waals surface area contributed by atoms with E-state index >= 15 is 0 Å². The Labute approximate surface area is 230 Å². The standard InChI is InChI=1S/C31H20O10/c1-39-24-7-4-15(26-12-22(37)29-19(34)9-17(33)10-27(29)40-26)8-18(24)28-20(35)11-21(36)30-23(38)13-25(41-31(28)30)14-2-5-16(32)6-3-14/h2-13,32-33,35-37H,1H3. The van der Waals surface area contributed by atoms with Crippen molar-refractivity contribution in [3.05, 3.63) is 93.2 Å². The molecule has 0 unspecified atom stereocenters. The minimum Gasteiger partial charge on any atom is -0.508 e. The fraction of sp³-hybridized carbons (Fsp3) is 0.0323. The van der Waals surface area contributed by atoms with Crippen LogP contribution in [-0.4, -0.2) is 32.6 Å². The van der Waals surface area contributed by atoms with Crippen LogP contribution in [0.2, 0.25) is 0 Å². The Bertz CT molecular complexity index is 2070. The van der Waals surface area contributed by atoms with Crippen LogP contribution in [0.5, 0.6) is 34.5 Å². The van der Waals surface area contributed by atoms with Crippen LogP contribution in [0.15, 0.2) is 91.2 Å². The van der Waals surface area contributed by atoms with Gasteiger partial charge in [-0.3, -0.25) is 9.59 Å². The van der Waals surface area contributed by atoms with E-state index in [-0.39, 0.29) is 67.9 Å². The summed E-state index contributed by atoms with van der Waals surface area (Å²) in [7, 11) is 1.40. The summed E-state index contributed by atoms with van der Waals surface area (Å²) in [4.78, 5) is 25.4. The molecule has 4 aromatic rings. The second-order valence-corrected chi connectivity index (χ2v) is 9.24. The van der Waals surface area contributed by atoms with Crippen LogP contribution in [0.3, 0.4) is 0 Å². The molecule has 0 fully saturated rings. The summed E-state index contributed by atoms with van der Waals surface area (Å²) in [5.41, 5.74) is -0.339. The van der Waals surface area contributed by atoms with Gasteiger partial charge in [0.15, 0.2) is 16.4 Å². The van der Waals surface area contributed by atoms with Crippen LogP contribution in [-0.2, 0) is 0 Å². The second-order valence-electron chi connectivity index (χ2n) is 9.24. The molecule has 10 nitrogen and oxygen atoms in total. The molecule has 0 atom stereocenters. The van der Waals surface area contributed by atoms with Crippen LogP contribution >= 0.6 is 0 Å². The topological polar surface area (TPSA) is 171 Å². The molecule has 0 amide bonds. The lowest BCUT2D eigenvalue weighted by molar-refractivity contribution is 0.415. The highest BCUT2D eigenvalue weighted by Crippen LogP contribution is 2.46. The van der Waals surface area contributed by atoms with Gasteiger partial charge in [-0.15, -0.1) is 0 Å². The third kappa shape index (κ3) is 4.23. The van der Waals surface area contributed by atoms with E-state index in [1.165, 1.54) is 37.4 Å². The molecular formula is C31H20O10. The van der Waals surface area contributed by atoms with Crippen molar-refractivity contribution in [3.8, 4) is 79.6 Å². The maximum atomic E-state index is 13.1. The molecule has 0 saturated carbocycles. The summed E-state index contributed by atoms with van der Waals surface area (Å²) in [5.74, 6) is -1.17. The van der Waals surface area contributed by atoms with Crippen molar-refractivity contribution >= 4 is 11.0 Å². The lowest BCUT2D eigenvalue weighted by Gasteiger charge is -2.16. The van der Waals surface area contributed by atoms with Gasteiger partial charge in [-0.25, -0.2) is 0 Å². The molecular weight excluding hydrogens is 532 g/mol. The lowest BCUT2D eigenvalue weighted by atomic mass is 9.96. The quantitative estimate of drug-likeness (QED) is 0.191. The van der Waals surface area contributed by atoms with Gasteiger partial charge >= 0.3 is 0 Å². The van der Waals surface area contributed by atoms with E-state index in [1.807, 2.05) is 0 Å². The number of hydrogen-bond donors (Lipinski definition) is 5. The minimum atomic E-state index is -0.622. The third-order valence-corrected chi connectivity index (χ3v) is 6.66. The summed E-state index contributed by atoms with van der Waals surface area (Å²) >= 11 is 0. The molecule has 0 radical (unpaired) electrons. The number of phenols is 4. The Balaban J connectivity index is 1.63. The van der Waals surface area contributed by atoms with E-state index in [2.05, 4.69) is 0 Å². The van der Waals surface area contributed by atoms with E-state index in [0.717, 1.165) is 12.1 Å². The van der Waals surface area contributed by atoms with Crippen LogP contribution in [0, 0.1) is 0 Å².